The Bertz CT molecular complexity index is 616. The minimum atomic E-state index is -0.134. The number of anilines is 1. The number of benzene rings is 2. The van der Waals surface area contributed by atoms with Gasteiger partial charge in [-0.15, -0.1) is 0 Å². The van der Waals surface area contributed by atoms with Crippen molar-refractivity contribution in [1.29, 1.82) is 0 Å². The van der Waals surface area contributed by atoms with Crippen LogP contribution in [0.25, 0.3) is 6.08 Å². The van der Waals surface area contributed by atoms with E-state index in [1.165, 1.54) is 6.08 Å². The van der Waals surface area contributed by atoms with Crippen molar-refractivity contribution < 1.29 is 9.90 Å². The first kappa shape index (κ1) is 14.7. The lowest BCUT2D eigenvalue weighted by Crippen LogP contribution is -2.23. The summed E-state index contributed by atoms with van der Waals surface area (Å²) in [5.74, 6) is 0.111. The second-order valence-electron chi connectivity index (χ2n) is 4.71. The highest BCUT2D eigenvalue weighted by molar-refractivity contribution is 5.91. The molecule has 0 radical (unpaired) electrons. The van der Waals surface area contributed by atoms with Crippen LogP contribution in [0, 0.1) is 0 Å². The fraction of sp³-hybridized carbons (Fsp3) is 0.118. The summed E-state index contributed by atoms with van der Waals surface area (Å²) in [5.41, 5.74) is 8.29. The van der Waals surface area contributed by atoms with E-state index in [2.05, 4.69) is 5.32 Å². The van der Waals surface area contributed by atoms with Crippen LogP contribution in [0.2, 0.25) is 0 Å². The zero-order valence-corrected chi connectivity index (χ0v) is 11.6. The largest absolute Gasteiger partial charge is 0.508 e. The van der Waals surface area contributed by atoms with Crippen LogP contribution in [-0.2, 0) is 11.2 Å². The summed E-state index contributed by atoms with van der Waals surface area (Å²) < 4.78 is 0. The van der Waals surface area contributed by atoms with Crippen molar-refractivity contribution in [3.8, 4) is 5.75 Å². The monoisotopic (exact) mass is 282 g/mol. The lowest BCUT2D eigenvalue weighted by Gasteiger charge is -2.03. The Morgan fingerprint density at radius 1 is 1.10 bits per heavy atom. The molecule has 4 nitrogen and oxygen atoms in total. The predicted molar refractivity (Wildman–Crippen MR) is 84.7 cm³/mol. The molecule has 0 aliphatic heterocycles. The zero-order valence-electron chi connectivity index (χ0n) is 11.6. The molecular formula is C17H18N2O2. The van der Waals surface area contributed by atoms with Gasteiger partial charge in [0, 0.05) is 18.3 Å². The molecule has 0 saturated carbocycles. The highest BCUT2D eigenvalue weighted by Crippen LogP contribution is 2.09. The number of aromatic hydroxyl groups is 1. The van der Waals surface area contributed by atoms with Crippen LogP contribution in [0.4, 0.5) is 5.69 Å². The van der Waals surface area contributed by atoms with Gasteiger partial charge in [0.25, 0.3) is 0 Å². The second-order valence-corrected chi connectivity index (χ2v) is 4.71. The molecule has 108 valence electrons. The fourth-order valence-electron chi connectivity index (χ4n) is 1.83. The number of phenolic OH excluding ortho intramolecular Hbond substituents is 1. The smallest absolute Gasteiger partial charge is 0.244 e. The number of nitrogen functional groups attached to an aromatic ring is 1. The molecule has 0 heterocycles. The number of amides is 1. The third-order valence-electron chi connectivity index (χ3n) is 3.01. The van der Waals surface area contributed by atoms with Gasteiger partial charge in [0.1, 0.15) is 5.75 Å². The molecule has 0 aliphatic carbocycles. The van der Waals surface area contributed by atoms with Crippen molar-refractivity contribution >= 4 is 17.7 Å². The van der Waals surface area contributed by atoms with Gasteiger partial charge >= 0.3 is 0 Å². The molecule has 2 aromatic carbocycles. The Morgan fingerprint density at radius 3 is 2.43 bits per heavy atom. The van der Waals surface area contributed by atoms with Gasteiger partial charge in [-0.2, -0.15) is 0 Å². The van der Waals surface area contributed by atoms with E-state index in [0.717, 1.165) is 17.5 Å². The van der Waals surface area contributed by atoms with Crippen molar-refractivity contribution in [2.45, 2.75) is 6.42 Å². The number of rotatable bonds is 5. The zero-order chi connectivity index (χ0) is 15.1. The molecular weight excluding hydrogens is 264 g/mol. The highest BCUT2D eigenvalue weighted by atomic mass is 16.3. The maximum atomic E-state index is 11.7. The molecule has 0 aromatic heterocycles. The average molecular weight is 282 g/mol. The van der Waals surface area contributed by atoms with Crippen molar-refractivity contribution in [3.63, 3.8) is 0 Å². The first-order valence-corrected chi connectivity index (χ1v) is 6.73. The summed E-state index contributed by atoms with van der Waals surface area (Å²) >= 11 is 0. The van der Waals surface area contributed by atoms with Gasteiger partial charge in [0.2, 0.25) is 5.91 Å². The first-order chi connectivity index (χ1) is 10.1. The van der Waals surface area contributed by atoms with Crippen molar-refractivity contribution in [3.05, 3.63) is 65.7 Å². The molecule has 1 amide bonds. The molecule has 0 fully saturated rings. The van der Waals surface area contributed by atoms with Crippen LogP contribution in [0.1, 0.15) is 11.1 Å². The lowest BCUT2D eigenvalue weighted by atomic mass is 10.1. The number of hydrogen-bond acceptors (Lipinski definition) is 3. The van der Waals surface area contributed by atoms with Crippen LogP contribution >= 0.6 is 0 Å². The van der Waals surface area contributed by atoms with Gasteiger partial charge < -0.3 is 16.2 Å². The molecule has 0 spiro atoms. The highest BCUT2D eigenvalue weighted by Gasteiger charge is 1.97. The van der Waals surface area contributed by atoms with Gasteiger partial charge in [0.15, 0.2) is 0 Å². The van der Waals surface area contributed by atoms with Crippen LogP contribution in [0.3, 0.4) is 0 Å². The minimum Gasteiger partial charge on any atom is -0.508 e. The van der Waals surface area contributed by atoms with Gasteiger partial charge in [-0.05, 0) is 47.9 Å². The standard InChI is InChI=1S/C17H18N2O2/c18-15-6-1-13(2-7-15)5-10-17(21)19-12-11-14-3-8-16(20)9-4-14/h1-10,20H,11-12,18H2,(H,19,21). The van der Waals surface area contributed by atoms with Crippen molar-refractivity contribution in [2.75, 3.05) is 12.3 Å². The number of nitrogens with two attached hydrogens (primary N) is 1. The summed E-state index contributed by atoms with van der Waals surface area (Å²) in [7, 11) is 0. The SMILES string of the molecule is Nc1ccc(C=CC(=O)NCCc2ccc(O)cc2)cc1. The molecule has 0 unspecified atom stereocenters. The van der Waals surface area contributed by atoms with E-state index in [1.807, 2.05) is 24.3 Å². The van der Waals surface area contributed by atoms with Crippen LogP contribution in [-0.4, -0.2) is 17.6 Å². The molecule has 2 rings (SSSR count). The minimum absolute atomic E-state index is 0.134. The second kappa shape index (κ2) is 7.14. The maximum Gasteiger partial charge on any atom is 0.244 e. The molecule has 21 heavy (non-hydrogen) atoms. The summed E-state index contributed by atoms with van der Waals surface area (Å²) in [6.07, 6.45) is 3.97. The third kappa shape index (κ3) is 5.03. The molecule has 0 aliphatic rings. The van der Waals surface area contributed by atoms with Crippen LogP contribution in [0.5, 0.6) is 5.75 Å². The topological polar surface area (TPSA) is 75.4 Å². The Labute approximate surface area is 123 Å². The number of phenols is 1. The fourth-order valence-corrected chi connectivity index (χ4v) is 1.83. The lowest BCUT2D eigenvalue weighted by molar-refractivity contribution is -0.116. The van der Waals surface area contributed by atoms with Gasteiger partial charge in [0.05, 0.1) is 0 Å². The van der Waals surface area contributed by atoms with E-state index in [4.69, 9.17) is 5.73 Å². The van der Waals surface area contributed by atoms with E-state index in [-0.39, 0.29) is 11.7 Å². The summed E-state index contributed by atoms with van der Waals surface area (Å²) in [4.78, 5) is 11.7. The maximum absolute atomic E-state index is 11.7. The average Bonchev–Trinajstić information content (AvgIpc) is 2.49. The molecule has 0 saturated heterocycles. The Balaban J connectivity index is 1.77. The van der Waals surface area contributed by atoms with Gasteiger partial charge in [-0.25, -0.2) is 0 Å². The Hall–Kier alpha value is -2.75. The molecule has 4 N–H and O–H groups in total. The van der Waals surface area contributed by atoms with E-state index in [0.29, 0.717) is 12.2 Å². The van der Waals surface area contributed by atoms with E-state index >= 15 is 0 Å². The van der Waals surface area contributed by atoms with E-state index in [1.54, 1.807) is 30.3 Å². The van der Waals surface area contributed by atoms with E-state index < -0.39 is 0 Å². The van der Waals surface area contributed by atoms with Gasteiger partial charge in [-0.1, -0.05) is 24.3 Å². The molecule has 4 heteroatoms. The first-order valence-electron chi connectivity index (χ1n) is 6.73. The Kier molecular flexibility index (Phi) is 4.99. The van der Waals surface area contributed by atoms with Crippen LogP contribution < -0.4 is 11.1 Å². The van der Waals surface area contributed by atoms with E-state index in [9.17, 15) is 9.90 Å². The van der Waals surface area contributed by atoms with Crippen LogP contribution in [0.15, 0.2) is 54.6 Å². The molecule has 2 aromatic rings. The quantitative estimate of drug-likeness (QED) is 0.582. The number of carbonyl (C=O) groups excluding carboxylic acids is 1. The van der Waals surface area contributed by atoms with Crippen molar-refractivity contribution in [1.82, 2.24) is 5.32 Å². The predicted octanol–water partition coefficient (Wildman–Crippen LogP) is 2.35. The Morgan fingerprint density at radius 2 is 1.76 bits per heavy atom. The normalized spacial score (nSPS) is 10.7. The number of nitrogens with one attached hydrogen (secondary N) is 1. The van der Waals surface area contributed by atoms with Gasteiger partial charge in [-0.3, -0.25) is 4.79 Å². The number of hydrogen-bond donors (Lipinski definition) is 3. The summed E-state index contributed by atoms with van der Waals surface area (Å²) in [6, 6.07) is 14.3. The number of carbonyl (C=O) groups is 1. The summed E-state index contributed by atoms with van der Waals surface area (Å²) in [6.45, 7) is 0.551. The van der Waals surface area contributed by atoms with Crippen molar-refractivity contribution in [2.24, 2.45) is 0 Å². The summed E-state index contributed by atoms with van der Waals surface area (Å²) in [5, 5.41) is 12.0. The third-order valence-corrected chi connectivity index (χ3v) is 3.01. The molecule has 0 bridgehead atoms. The molecule has 0 atom stereocenters.